The number of anilines is 1. The highest BCUT2D eigenvalue weighted by Crippen LogP contribution is 2.37. The van der Waals surface area contributed by atoms with E-state index >= 15 is 0 Å². The molecular formula is C17H24N2O5S. The Morgan fingerprint density at radius 2 is 1.88 bits per heavy atom. The number of aliphatic hydroxyl groups excluding tert-OH is 1. The average molecular weight is 368 g/mol. The van der Waals surface area contributed by atoms with Gasteiger partial charge in [-0.15, -0.1) is 0 Å². The molecule has 1 saturated heterocycles. The summed E-state index contributed by atoms with van der Waals surface area (Å²) in [5.41, 5.74) is 1.42. The summed E-state index contributed by atoms with van der Waals surface area (Å²) in [6, 6.07) is 5.36. The van der Waals surface area contributed by atoms with Crippen LogP contribution in [0.4, 0.5) is 5.69 Å². The molecule has 2 aliphatic heterocycles. The summed E-state index contributed by atoms with van der Waals surface area (Å²) in [5, 5.41) is 10.2. The number of carbonyl (C=O) groups excluding carboxylic acids is 1. The lowest BCUT2D eigenvalue weighted by molar-refractivity contribution is -0.123. The second-order valence-electron chi connectivity index (χ2n) is 6.66. The zero-order valence-electron chi connectivity index (χ0n) is 14.5. The van der Waals surface area contributed by atoms with E-state index in [1.807, 2.05) is 0 Å². The van der Waals surface area contributed by atoms with Gasteiger partial charge in [0.2, 0.25) is 15.9 Å². The highest BCUT2D eigenvalue weighted by Gasteiger charge is 2.35. The minimum atomic E-state index is -3.20. The number of carbonyl (C=O) groups is 1. The molecule has 0 saturated carbocycles. The Bertz CT molecular complexity index is 756. The fourth-order valence-electron chi connectivity index (χ4n) is 3.58. The topological polar surface area (TPSA) is 87.2 Å². The Morgan fingerprint density at radius 3 is 2.48 bits per heavy atom. The number of piperidine rings is 1. The Morgan fingerprint density at radius 1 is 1.20 bits per heavy atom. The van der Waals surface area contributed by atoms with Crippen LogP contribution in [0.15, 0.2) is 18.2 Å². The van der Waals surface area contributed by atoms with E-state index in [0.717, 1.165) is 5.69 Å². The first-order valence-electron chi connectivity index (χ1n) is 8.43. The van der Waals surface area contributed by atoms with Crippen LogP contribution in [0.3, 0.4) is 0 Å². The van der Waals surface area contributed by atoms with Crippen LogP contribution in [0.5, 0.6) is 5.75 Å². The SMILES string of the molecule is COc1ccc2c(c1)C(O)CCN2C(=O)C1CCN(S(C)(=O)=O)CC1. The smallest absolute Gasteiger partial charge is 0.230 e. The Labute approximate surface area is 148 Å². The molecular weight excluding hydrogens is 344 g/mol. The predicted octanol–water partition coefficient (Wildman–Crippen LogP) is 1.14. The number of sulfonamides is 1. The number of methoxy groups -OCH3 is 1. The van der Waals surface area contributed by atoms with Crippen molar-refractivity contribution in [1.29, 1.82) is 0 Å². The average Bonchev–Trinajstić information content (AvgIpc) is 2.61. The first-order chi connectivity index (χ1) is 11.8. The lowest BCUT2D eigenvalue weighted by atomic mass is 9.93. The van der Waals surface area contributed by atoms with E-state index in [2.05, 4.69) is 0 Å². The zero-order valence-corrected chi connectivity index (χ0v) is 15.3. The lowest BCUT2D eigenvalue weighted by Crippen LogP contribution is -2.45. The monoisotopic (exact) mass is 368 g/mol. The van der Waals surface area contributed by atoms with Crippen molar-refractivity contribution < 1.29 is 23.1 Å². The fraction of sp³-hybridized carbons (Fsp3) is 0.588. The maximum Gasteiger partial charge on any atom is 0.230 e. The van der Waals surface area contributed by atoms with Crippen molar-refractivity contribution in [3.05, 3.63) is 23.8 Å². The van der Waals surface area contributed by atoms with Crippen LogP contribution in [-0.4, -0.2) is 56.7 Å². The van der Waals surface area contributed by atoms with Gasteiger partial charge in [-0.25, -0.2) is 12.7 Å². The molecule has 0 aliphatic carbocycles. The molecule has 2 heterocycles. The normalized spacial score (nSPS) is 22.5. The summed E-state index contributed by atoms with van der Waals surface area (Å²) >= 11 is 0. The maximum absolute atomic E-state index is 13.0. The largest absolute Gasteiger partial charge is 0.497 e. The van der Waals surface area contributed by atoms with Gasteiger partial charge in [-0.05, 0) is 37.5 Å². The zero-order chi connectivity index (χ0) is 18.2. The van der Waals surface area contributed by atoms with Gasteiger partial charge in [0.05, 0.1) is 19.5 Å². The minimum Gasteiger partial charge on any atom is -0.497 e. The van der Waals surface area contributed by atoms with Gasteiger partial charge in [-0.2, -0.15) is 0 Å². The molecule has 0 spiro atoms. The number of nitrogens with zero attached hydrogens (tertiary/aromatic N) is 2. The maximum atomic E-state index is 13.0. The molecule has 0 bridgehead atoms. The molecule has 2 aliphatic rings. The molecule has 1 amide bonds. The summed E-state index contributed by atoms with van der Waals surface area (Å²) in [7, 11) is -1.64. The van der Waals surface area contributed by atoms with Crippen molar-refractivity contribution in [2.75, 3.05) is 37.9 Å². The molecule has 1 aromatic carbocycles. The Hall–Kier alpha value is -1.64. The molecule has 7 nitrogen and oxygen atoms in total. The number of aliphatic hydroxyl groups is 1. The van der Waals surface area contributed by atoms with Crippen molar-refractivity contribution in [3.8, 4) is 5.75 Å². The number of hydrogen-bond donors (Lipinski definition) is 1. The molecule has 0 radical (unpaired) electrons. The van der Waals surface area contributed by atoms with Gasteiger partial charge < -0.3 is 14.7 Å². The number of hydrogen-bond acceptors (Lipinski definition) is 5. The summed E-state index contributed by atoms with van der Waals surface area (Å²) in [5.74, 6) is 0.461. The molecule has 25 heavy (non-hydrogen) atoms. The molecule has 138 valence electrons. The second kappa shape index (κ2) is 6.93. The third-order valence-corrected chi connectivity index (χ3v) is 6.35. The Balaban J connectivity index is 1.77. The van der Waals surface area contributed by atoms with Gasteiger partial charge in [0.1, 0.15) is 5.75 Å². The van der Waals surface area contributed by atoms with Crippen molar-refractivity contribution >= 4 is 21.6 Å². The van der Waals surface area contributed by atoms with Crippen molar-refractivity contribution in [3.63, 3.8) is 0 Å². The van der Waals surface area contributed by atoms with Crippen LogP contribution in [-0.2, 0) is 14.8 Å². The van der Waals surface area contributed by atoms with Crippen LogP contribution in [0.2, 0.25) is 0 Å². The van der Waals surface area contributed by atoms with Crippen LogP contribution in [0.25, 0.3) is 0 Å². The quantitative estimate of drug-likeness (QED) is 0.864. The highest BCUT2D eigenvalue weighted by atomic mass is 32.2. The number of amides is 1. The van der Waals surface area contributed by atoms with E-state index in [4.69, 9.17) is 4.74 Å². The van der Waals surface area contributed by atoms with E-state index in [9.17, 15) is 18.3 Å². The van der Waals surface area contributed by atoms with E-state index in [0.29, 0.717) is 50.2 Å². The molecule has 0 aromatic heterocycles. The van der Waals surface area contributed by atoms with E-state index in [1.165, 1.54) is 10.6 Å². The summed E-state index contributed by atoms with van der Waals surface area (Å²) in [6.07, 6.45) is 2.12. The molecule has 1 aromatic rings. The van der Waals surface area contributed by atoms with Gasteiger partial charge in [-0.3, -0.25) is 4.79 Å². The lowest BCUT2D eigenvalue weighted by Gasteiger charge is -2.37. The third-order valence-electron chi connectivity index (χ3n) is 5.05. The van der Waals surface area contributed by atoms with Gasteiger partial charge in [-0.1, -0.05) is 0 Å². The second-order valence-corrected chi connectivity index (χ2v) is 8.64. The third kappa shape index (κ3) is 3.65. The van der Waals surface area contributed by atoms with Crippen LogP contribution in [0, 0.1) is 5.92 Å². The van der Waals surface area contributed by atoms with Crippen molar-refractivity contribution in [1.82, 2.24) is 4.31 Å². The highest BCUT2D eigenvalue weighted by molar-refractivity contribution is 7.88. The van der Waals surface area contributed by atoms with E-state index < -0.39 is 16.1 Å². The summed E-state index contributed by atoms with van der Waals surface area (Å²) in [4.78, 5) is 14.7. The number of ether oxygens (including phenoxy) is 1. The molecule has 3 rings (SSSR count). The fourth-order valence-corrected chi connectivity index (χ4v) is 4.46. The summed E-state index contributed by atoms with van der Waals surface area (Å²) < 4.78 is 29.9. The van der Waals surface area contributed by atoms with E-state index in [-0.39, 0.29) is 11.8 Å². The predicted molar refractivity (Wildman–Crippen MR) is 94.1 cm³/mol. The van der Waals surface area contributed by atoms with Crippen LogP contribution < -0.4 is 9.64 Å². The van der Waals surface area contributed by atoms with Gasteiger partial charge >= 0.3 is 0 Å². The number of rotatable bonds is 3. The number of fused-ring (bicyclic) bond motifs is 1. The van der Waals surface area contributed by atoms with E-state index in [1.54, 1.807) is 30.2 Å². The minimum absolute atomic E-state index is 0.00599. The van der Waals surface area contributed by atoms with Gasteiger partial charge in [0, 0.05) is 36.8 Å². The molecule has 1 atom stereocenters. The molecule has 8 heteroatoms. The first kappa shape index (κ1) is 18.2. The number of benzene rings is 1. The van der Waals surface area contributed by atoms with Crippen molar-refractivity contribution in [2.24, 2.45) is 5.92 Å². The first-order valence-corrected chi connectivity index (χ1v) is 10.3. The van der Waals surface area contributed by atoms with Crippen LogP contribution >= 0.6 is 0 Å². The Kier molecular flexibility index (Phi) is 5.04. The standard InChI is InChI=1S/C17H24N2O5S/c1-24-13-3-4-15-14(11-13)16(20)7-10-19(15)17(21)12-5-8-18(9-6-12)25(2,22)23/h3-4,11-12,16,20H,5-10H2,1-2H3. The molecule has 1 N–H and O–H groups in total. The summed E-state index contributed by atoms with van der Waals surface area (Å²) in [6.45, 7) is 1.22. The van der Waals surface area contributed by atoms with Gasteiger partial charge in [0.25, 0.3) is 0 Å². The van der Waals surface area contributed by atoms with Gasteiger partial charge in [0.15, 0.2) is 0 Å². The van der Waals surface area contributed by atoms with Crippen molar-refractivity contribution in [2.45, 2.75) is 25.4 Å². The molecule has 1 unspecified atom stereocenters. The van der Waals surface area contributed by atoms with Crippen LogP contribution in [0.1, 0.15) is 30.9 Å². The molecule has 1 fully saturated rings.